The average Bonchev–Trinajstić information content (AvgIpc) is 3.63. The van der Waals surface area contributed by atoms with Crippen molar-refractivity contribution < 1.29 is 45.1 Å². The van der Waals surface area contributed by atoms with Crippen LogP contribution < -0.4 is 24.8 Å². The van der Waals surface area contributed by atoms with Gasteiger partial charge in [0.1, 0.15) is 0 Å². The summed E-state index contributed by atoms with van der Waals surface area (Å²) in [5.41, 5.74) is 28.0. The zero-order valence-electron chi connectivity index (χ0n) is 35.0. The van der Waals surface area contributed by atoms with Gasteiger partial charge in [-0.05, 0) is 0 Å². The quantitative estimate of drug-likeness (QED) is 0.183. The maximum absolute atomic E-state index is 2.91. The minimum absolute atomic E-state index is 0. The Balaban J connectivity index is 0.00000271. The van der Waals surface area contributed by atoms with Crippen molar-refractivity contribution in [1.82, 2.24) is 0 Å². The first kappa shape index (κ1) is 42.0. The van der Waals surface area contributed by atoms with E-state index in [1.165, 1.54) is 63.9 Å². The van der Waals surface area contributed by atoms with Crippen molar-refractivity contribution in [2.75, 3.05) is 0 Å². The molecule has 0 saturated carbocycles. The van der Waals surface area contributed by atoms with Gasteiger partial charge in [-0.15, -0.1) is 0 Å². The largest absolute Gasteiger partial charge is 1.00 e. The molecule has 0 spiro atoms. The molecule has 53 heavy (non-hydrogen) atoms. The van der Waals surface area contributed by atoms with Crippen LogP contribution in [0.4, 0.5) is 0 Å². The summed E-state index contributed by atoms with van der Waals surface area (Å²) in [5.74, 6) is 0. The third-order valence-corrected chi connectivity index (χ3v) is 26.7. The molecule has 1 heterocycles. The molecule has 2 atom stereocenters. The van der Waals surface area contributed by atoms with E-state index in [2.05, 4.69) is 158 Å². The molecule has 0 bridgehead atoms. The molecule has 2 aliphatic carbocycles. The van der Waals surface area contributed by atoms with Crippen molar-refractivity contribution in [2.24, 2.45) is 0 Å². The van der Waals surface area contributed by atoms with E-state index in [0.717, 1.165) is 12.8 Å². The van der Waals surface area contributed by atoms with Crippen molar-refractivity contribution in [2.45, 2.75) is 136 Å². The van der Waals surface area contributed by atoms with Crippen molar-refractivity contribution in [3.8, 4) is 22.3 Å². The summed E-state index contributed by atoms with van der Waals surface area (Å²) in [6.45, 7) is 33.3. The number of hydrogen-bond donors (Lipinski definition) is 0. The minimum atomic E-state index is -2.91. The fourth-order valence-corrected chi connectivity index (χ4v) is 28.5. The van der Waals surface area contributed by atoms with Crippen LogP contribution in [-0.4, -0.2) is 0 Å². The second-order valence-corrected chi connectivity index (χ2v) is 29.9. The molecule has 1 fully saturated rings. The zero-order chi connectivity index (χ0) is 36.9. The minimum Gasteiger partial charge on any atom is -1.00 e. The number of halogens is 2. The van der Waals surface area contributed by atoms with Gasteiger partial charge in [0.25, 0.3) is 0 Å². The summed E-state index contributed by atoms with van der Waals surface area (Å²) in [6.07, 6.45) is 7.70. The van der Waals surface area contributed by atoms with Crippen molar-refractivity contribution in [3.05, 3.63) is 126 Å². The van der Waals surface area contributed by atoms with Gasteiger partial charge in [0.15, 0.2) is 0 Å². The third-order valence-electron chi connectivity index (χ3n) is 13.8. The van der Waals surface area contributed by atoms with Crippen LogP contribution in [-0.2, 0) is 31.1 Å². The predicted molar refractivity (Wildman–Crippen MR) is 221 cm³/mol. The van der Waals surface area contributed by atoms with Crippen molar-refractivity contribution >= 4 is 12.2 Å². The summed E-state index contributed by atoms with van der Waals surface area (Å²) in [7, 11) is 0. The Labute approximate surface area is 339 Å². The molecule has 4 aromatic carbocycles. The van der Waals surface area contributed by atoms with Crippen molar-refractivity contribution in [1.29, 1.82) is 0 Å². The van der Waals surface area contributed by atoms with Gasteiger partial charge in [-0.1, -0.05) is 0 Å². The predicted octanol–water partition coefficient (Wildman–Crippen LogP) is 8.87. The van der Waals surface area contributed by atoms with Crippen LogP contribution in [0.15, 0.2) is 59.7 Å². The fourth-order valence-electron chi connectivity index (χ4n) is 10.2. The van der Waals surface area contributed by atoms with Crippen LogP contribution >= 0.6 is 0 Å². The van der Waals surface area contributed by atoms with E-state index in [9.17, 15) is 0 Å². The molecule has 0 amide bonds. The Morgan fingerprint density at radius 3 is 1.08 bits per heavy atom. The van der Waals surface area contributed by atoms with Gasteiger partial charge in [0, 0.05) is 0 Å². The summed E-state index contributed by atoms with van der Waals surface area (Å²) >= 11 is -2.91. The first-order valence-electron chi connectivity index (χ1n) is 19.9. The normalized spacial score (nSPS) is 17.8. The topological polar surface area (TPSA) is 0 Å². The van der Waals surface area contributed by atoms with E-state index >= 15 is 0 Å². The van der Waals surface area contributed by atoms with Crippen molar-refractivity contribution in [3.63, 3.8) is 0 Å². The molecule has 280 valence electrons. The summed E-state index contributed by atoms with van der Waals surface area (Å²) < 4.78 is 4.32. The molecule has 0 N–H and O–H groups in total. The number of fused-ring (bicyclic) bond motifs is 2. The smallest absolute Gasteiger partial charge is 1.00 e. The monoisotopic (exact) mass is 822 g/mol. The van der Waals surface area contributed by atoms with E-state index in [1.54, 1.807) is 44.5 Å². The van der Waals surface area contributed by atoms with E-state index in [0.29, 0.717) is 7.25 Å². The molecular formula is C50H62Cl2Zr. The molecule has 7 rings (SSSR count). The van der Waals surface area contributed by atoms with Crippen LogP contribution in [0.3, 0.4) is 0 Å². The first-order valence-corrected chi connectivity index (χ1v) is 26.2. The van der Waals surface area contributed by atoms with Gasteiger partial charge in [-0.3, -0.25) is 0 Å². The molecule has 3 heteroatoms. The second kappa shape index (κ2) is 14.7. The summed E-state index contributed by atoms with van der Waals surface area (Å²) in [5, 5.41) is 0. The Morgan fingerprint density at radius 2 is 0.811 bits per heavy atom. The standard InChI is InChI=1S/2C24H29.C2H4.2ClH.Zr/c2*1-8-18-13-21-16(3)15(2)17(4)23(22(21)14-18)19-9-11-20(12-10-19)24(5,6)7;1-2;;;/h2*9-14H,8H2,1-7H3;1-2H2;2*1H;/q;;;;;+2/p-2. The average molecular weight is 825 g/mol. The molecule has 4 aromatic rings. The van der Waals surface area contributed by atoms with Crippen LogP contribution in [0, 0.1) is 41.5 Å². The molecule has 1 aliphatic heterocycles. The molecule has 0 radical (unpaired) electrons. The van der Waals surface area contributed by atoms with E-state index in [4.69, 9.17) is 0 Å². The maximum atomic E-state index is 2.70. The summed E-state index contributed by atoms with van der Waals surface area (Å²) in [6, 6.07) is 19.2. The third kappa shape index (κ3) is 6.66. The van der Waals surface area contributed by atoms with Gasteiger partial charge in [-0.25, -0.2) is 0 Å². The molecule has 0 nitrogen and oxygen atoms in total. The number of hydrogen-bond acceptors (Lipinski definition) is 0. The van der Waals surface area contributed by atoms with E-state index in [-0.39, 0.29) is 35.6 Å². The molecule has 2 unspecified atom stereocenters. The van der Waals surface area contributed by atoms with Crippen LogP contribution in [0.1, 0.15) is 142 Å². The summed E-state index contributed by atoms with van der Waals surface area (Å²) in [4.78, 5) is 0. The number of benzene rings is 4. The fraction of sp³-hybridized carbons (Fsp3) is 0.440. The first-order chi connectivity index (χ1) is 24.0. The van der Waals surface area contributed by atoms with Gasteiger partial charge >= 0.3 is 317 Å². The molecule has 3 aliphatic rings. The van der Waals surface area contributed by atoms with Gasteiger partial charge in [0.05, 0.1) is 0 Å². The van der Waals surface area contributed by atoms with E-state index in [1.807, 2.05) is 0 Å². The Morgan fingerprint density at radius 1 is 0.491 bits per heavy atom. The Bertz CT molecular complexity index is 1970. The second-order valence-electron chi connectivity index (χ2n) is 18.6. The maximum Gasteiger partial charge on any atom is -1.00 e. The van der Waals surface area contributed by atoms with Gasteiger partial charge in [0.2, 0.25) is 0 Å². The molecule has 1 saturated heterocycles. The molecule has 0 aromatic heterocycles. The van der Waals surface area contributed by atoms with Crippen LogP contribution in [0.2, 0.25) is 8.26 Å². The van der Waals surface area contributed by atoms with Crippen LogP contribution in [0.25, 0.3) is 34.4 Å². The Hall–Kier alpha value is -2.18. The van der Waals surface area contributed by atoms with Gasteiger partial charge in [-0.2, -0.15) is 0 Å². The zero-order valence-corrected chi connectivity index (χ0v) is 39.0. The SMILES string of the molecule is CCC1=Cc2c(-c3ccc(C(C)(C)C)cc3)c(C)c(C)c(C)c2[CH]1[Zr+2]1([CH]2C(CC)=Cc3c(-c4ccc(C(C)(C)C)cc4)c(C)c(C)c(C)c32)[CH2][CH2]1.[Cl-].[Cl-]. The van der Waals surface area contributed by atoms with Gasteiger partial charge < -0.3 is 24.8 Å². The van der Waals surface area contributed by atoms with E-state index < -0.39 is 20.3 Å². The number of allylic oxidation sites excluding steroid dienone is 2. The van der Waals surface area contributed by atoms with Crippen LogP contribution in [0.5, 0.6) is 0 Å². The molecular weight excluding hydrogens is 763 g/mol. The number of rotatable bonds is 6. The Kier molecular flexibility index (Phi) is 11.7.